The smallest absolute Gasteiger partial charge is 0.0599 e. The first kappa shape index (κ1) is 16.0. The summed E-state index contributed by atoms with van der Waals surface area (Å²) in [6, 6.07) is 8.78. The zero-order chi connectivity index (χ0) is 15.2. The molecular weight excluding hydrogens is 310 g/mol. The summed E-state index contributed by atoms with van der Waals surface area (Å²) in [5.74, 6) is 0. The highest BCUT2D eigenvalue weighted by Crippen LogP contribution is 2.26. The van der Waals surface area contributed by atoms with E-state index in [0.29, 0.717) is 0 Å². The summed E-state index contributed by atoms with van der Waals surface area (Å²) in [6.07, 6.45) is 7.18. The van der Waals surface area contributed by atoms with Crippen LogP contribution in [0, 0.1) is 0 Å². The number of pyridine rings is 1. The molecule has 5 heteroatoms. The van der Waals surface area contributed by atoms with E-state index in [0.717, 1.165) is 26.2 Å². The van der Waals surface area contributed by atoms with Crippen LogP contribution in [-0.2, 0) is 13.1 Å². The fraction of sp³-hybridized carbons (Fsp3) is 0.471. The van der Waals surface area contributed by atoms with E-state index in [1.165, 1.54) is 34.2 Å². The second kappa shape index (κ2) is 8.11. The average Bonchev–Trinajstić information content (AvgIpc) is 2.89. The summed E-state index contributed by atoms with van der Waals surface area (Å²) < 4.78 is 1.42. The molecule has 2 aromatic rings. The number of rotatable bonds is 5. The maximum atomic E-state index is 4.10. The molecule has 0 spiro atoms. The first-order valence-electron chi connectivity index (χ1n) is 7.80. The van der Waals surface area contributed by atoms with Gasteiger partial charge in [0.05, 0.1) is 4.21 Å². The van der Waals surface area contributed by atoms with Crippen molar-refractivity contribution in [2.45, 2.75) is 23.7 Å². The van der Waals surface area contributed by atoms with Gasteiger partial charge in [-0.3, -0.25) is 14.8 Å². The van der Waals surface area contributed by atoms with Crippen LogP contribution in [-0.4, -0.2) is 47.2 Å². The molecule has 118 valence electrons. The van der Waals surface area contributed by atoms with E-state index in [2.05, 4.69) is 45.3 Å². The second-order valence-electron chi connectivity index (χ2n) is 5.69. The second-order valence-corrected chi connectivity index (χ2v) is 7.96. The Morgan fingerprint density at radius 3 is 2.41 bits per heavy atom. The number of hydrogen-bond acceptors (Lipinski definition) is 5. The van der Waals surface area contributed by atoms with Crippen molar-refractivity contribution in [1.82, 2.24) is 14.8 Å². The molecule has 1 aliphatic rings. The number of hydrogen-bond donors (Lipinski definition) is 0. The highest BCUT2D eigenvalue weighted by atomic mass is 32.2. The van der Waals surface area contributed by atoms with Gasteiger partial charge in [-0.2, -0.15) is 0 Å². The Hall–Kier alpha value is -0.880. The lowest BCUT2D eigenvalue weighted by Gasteiger charge is -2.21. The Morgan fingerprint density at radius 1 is 1.00 bits per heavy atom. The quantitative estimate of drug-likeness (QED) is 0.779. The zero-order valence-electron chi connectivity index (χ0n) is 13.1. The first-order chi connectivity index (χ1) is 10.8. The third-order valence-electron chi connectivity index (χ3n) is 4.05. The molecule has 22 heavy (non-hydrogen) atoms. The summed E-state index contributed by atoms with van der Waals surface area (Å²) in [4.78, 5) is 10.8. The van der Waals surface area contributed by atoms with Crippen LogP contribution < -0.4 is 0 Å². The standard InChI is InChI=1S/C17H23N3S2/c1-21-17-4-3-16(22-17)14-20-10-2-9-19(11-12-20)13-15-5-7-18-8-6-15/h3-8H,2,9-14H2,1H3. The molecular formula is C17H23N3S2. The van der Waals surface area contributed by atoms with Crippen LogP contribution in [0.1, 0.15) is 16.9 Å². The predicted molar refractivity (Wildman–Crippen MR) is 95.5 cm³/mol. The topological polar surface area (TPSA) is 19.4 Å². The maximum Gasteiger partial charge on any atom is 0.0599 e. The molecule has 3 rings (SSSR count). The molecule has 3 heterocycles. The van der Waals surface area contributed by atoms with Crippen molar-refractivity contribution in [3.8, 4) is 0 Å². The number of aromatic nitrogens is 1. The van der Waals surface area contributed by atoms with E-state index >= 15 is 0 Å². The van der Waals surface area contributed by atoms with Crippen molar-refractivity contribution >= 4 is 23.1 Å². The van der Waals surface area contributed by atoms with E-state index in [4.69, 9.17) is 0 Å². The van der Waals surface area contributed by atoms with Gasteiger partial charge in [0.2, 0.25) is 0 Å². The van der Waals surface area contributed by atoms with Gasteiger partial charge >= 0.3 is 0 Å². The Labute approximate surface area is 141 Å². The number of nitrogens with zero attached hydrogens (tertiary/aromatic N) is 3. The summed E-state index contributed by atoms with van der Waals surface area (Å²) in [6.45, 7) is 6.87. The van der Waals surface area contributed by atoms with Crippen LogP contribution in [0.2, 0.25) is 0 Å². The van der Waals surface area contributed by atoms with Gasteiger partial charge in [-0.05, 0) is 55.6 Å². The molecule has 2 aromatic heterocycles. The lowest BCUT2D eigenvalue weighted by Crippen LogP contribution is -2.30. The van der Waals surface area contributed by atoms with Gasteiger partial charge in [0.25, 0.3) is 0 Å². The maximum absolute atomic E-state index is 4.10. The van der Waals surface area contributed by atoms with Gasteiger partial charge in [-0.25, -0.2) is 0 Å². The molecule has 3 nitrogen and oxygen atoms in total. The third kappa shape index (κ3) is 4.56. The van der Waals surface area contributed by atoms with Crippen molar-refractivity contribution in [3.05, 3.63) is 47.1 Å². The highest BCUT2D eigenvalue weighted by Gasteiger charge is 2.15. The van der Waals surface area contributed by atoms with E-state index in [-0.39, 0.29) is 0 Å². The molecule has 1 aliphatic heterocycles. The largest absolute Gasteiger partial charge is 0.298 e. The summed E-state index contributed by atoms with van der Waals surface area (Å²) >= 11 is 3.78. The molecule has 0 unspecified atom stereocenters. The van der Waals surface area contributed by atoms with Crippen molar-refractivity contribution < 1.29 is 0 Å². The Morgan fingerprint density at radius 2 is 1.73 bits per heavy atom. The van der Waals surface area contributed by atoms with Gasteiger partial charge in [0, 0.05) is 43.4 Å². The Kier molecular flexibility index (Phi) is 5.89. The molecule has 0 atom stereocenters. The minimum Gasteiger partial charge on any atom is -0.298 e. The van der Waals surface area contributed by atoms with Gasteiger partial charge in [-0.1, -0.05) is 0 Å². The molecule has 0 aliphatic carbocycles. The molecule has 0 bridgehead atoms. The lowest BCUT2D eigenvalue weighted by atomic mass is 10.2. The van der Waals surface area contributed by atoms with E-state index in [1.807, 2.05) is 35.5 Å². The number of thioether (sulfide) groups is 1. The van der Waals surface area contributed by atoms with Crippen molar-refractivity contribution in [2.75, 3.05) is 32.4 Å². The first-order valence-corrected chi connectivity index (χ1v) is 9.84. The predicted octanol–water partition coefficient (Wildman–Crippen LogP) is 3.57. The van der Waals surface area contributed by atoms with Crippen LogP contribution in [0.25, 0.3) is 0 Å². The molecule has 0 radical (unpaired) electrons. The molecule has 0 N–H and O–H groups in total. The van der Waals surface area contributed by atoms with Crippen LogP contribution in [0.4, 0.5) is 0 Å². The van der Waals surface area contributed by atoms with E-state index < -0.39 is 0 Å². The van der Waals surface area contributed by atoms with Crippen molar-refractivity contribution in [1.29, 1.82) is 0 Å². The van der Waals surface area contributed by atoms with Crippen molar-refractivity contribution in [2.24, 2.45) is 0 Å². The van der Waals surface area contributed by atoms with Crippen LogP contribution in [0.15, 0.2) is 40.9 Å². The lowest BCUT2D eigenvalue weighted by molar-refractivity contribution is 0.248. The highest BCUT2D eigenvalue weighted by molar-refractivity contribution is 8.00. The molecule has 0 saturated carbocycles. The Bertz CT molecular complexity index is 570. The van der Waals surface area contributed by atoms with E-state index in [1.54, 1.807) is 0 Å². The molecule has 0 aromatic carbocycles. The van der Waals surface area contributed by atoms with Gasteiger partial charge in [-0.15, -0.1) is 23.1 Å². The normalized spacial score (nSPS) is 17.5. The molecule has 0 amide bonds. The monoisotopic (exact) mass is 333 g/mol. The van der Waals surface area contributed by atoms with Gasteiger partial charge in [0.1, 0.15) is 0 Å². The summed E-state index contributed by atoms with van der Waals surface area (Å²) in [5, 5.41) is 0. The fourth-order valence-corrected chi connectivity index (χ4v) is 4.50. The third-order valence-corrected chi connectivity index (χ3v) is 6.21. The van der Waals surface area contributed by atoms with Crippen molar-refractivity contribution in [3.63, 3.8) is 0 Å². The summed E-state index contributed by atoms with van der Waals surface area (Å²) in [7, 11) is 0. The fourth-order valence-electron chi connectivity index (χ4n) is 2.86. The molecule has 1 fully saturated rings. The Balaban J connectivity index is 1.51. The van der Waals surface area contributed by atoms with E-state index in [9.17, 15) is 0 Å². The minimum atomic E-state index is 1.05. The summed E-state index contributed by atoms with van der Waals surface area (Å²) in [5.41, 5.74) is 1.37. The van der Waals surface area contributed by atoms with Gasteiger partial charge in [0.15, 0.2) is 0 Å². The van der Waals surface area contributed by atoms with Crippen LogP contribution >= 0.6 is 23.1 Å². The number of thiophene rings is 1. The van der Waals surface area contributed by atoms with Gasteiger partial charge < -0.3 is 0 Å². The average molecular weight is 334 g/mol. The zero-order valence-corrected chi connectivity index (χ0v) is 14.7. The molecule has 1 saturated heterocycles. The SMILES string of the molecule is CSc1ccc(CN2CCCN(Cc3ccncc3)CC2)s1. The minimum absolute atomic E-state index is 1.05. The van der Waals surface area contributed by atoms with Crippen LogP contribution in [0.5, 0.6) is 0 Å². The van der Waals surface area contributed by atoms with Crippen LogP contribution in [0.3, 0.4) is 0 Å².